The van der Waals surface area contributed by atoms with E-state index in [4.69, 9.17) is 0 Å². The lowest BCUT2D eigenvalue weighted by Gasteiger charge is -2.40. The van der Waals surface area contributed by atoms with Crippen molar-refractivity contribution in [1.82, 2.24) is 4.90 Å². The number of rotatable bonds is 5. The normalized spacial score (nSPS) is 21.0. The molecule has 1 saturated heterocycles. The van der Waals surface area contributed by atoms with Crippen LogP contribution in [0.1, 0.15) is 18.4 Å². The van der Waals surface area contributed by atoms with Gasteiger partial charge in [-0.25, -0.2) is 0 Å². The number of aliphatic hydroxyl groups excluding tert-OH is 1. The van der Waals surface area contributed by atoms with E-state index >= 15 is 0 Å². The molecule has 0 aromatic heterocycles. The molecule has 2 aliphatic heterocycles. The van der Waals surface area contributed by atoms with Crippen molar-refractivity contribution >= 4 is 17.4 Å². The Morgan fingerprint density at radius 3 is 2.67 bits per heavy atom. The molecule has 2 aliphatic rings. The average molecular weight is 306 g/mol. The molecule has 0 amide bonds. The van der Waals surface area contributed by atoms with Gasteiger partial charge in [0.1, 0.15) is 0 Å². The van der Waals surface area contributed by atoms with Gasteiger partial charge in [0.05, 0.1) is 6.61 Å². The molecule has 116 valence electrons. The van der Waals surface area contributed by atoms with Crippen molar-refractivity contribution in [3.05, 3.63) is 29.8 Å². The second kappa shape index (κ2) is 6.59. The number of nitrogens with zero attached hydrogens (tertiary/aromatic N) is 2. The molecule has 0 atom stereocenters. The van der Waals surface area contributed by atoms with Crippen LogP contribution in [0.2, 0.25) is 0 Å². The van der Waals surface area contributed by atoms with Crippen LogP contribution < -0.4 is 4.90 Å². The van der Waals surface area contributed by atoms with E-state index in [2.05, 4.69) is 40.3 Å². The summed E-state index contributed by atoms with van der Waals surface area (Å²) in [5.41, 5.74) is 3.19. The molecule has 0 radical (unpaired) electrons. The monoisotopic (exact) mass is 306 g/mol. The van der Waals surface area contributed by atoms with Gasteiger partial charge in [0.2, 0.25) is 0 Å². The smallest absolute Gasteiger partial charge is 0.0606 e. The van der Waals surface area contributed by atoms with Gasteiger partial charge < -0.3 is 14.9 Å². The maximum Gasteiger partial charge on any atom is 0.0606 e. The Bertz CT molecular complexity index is 472. The quantitative estimate of drug-likeness (QED) is 0.902. The molecule has 0 aliphatic carbocycles. The topological polar surface area (TPSA) is 26.7 Å². The zero-order valence-electron chi connectivity index (χ0n) is 12.9. The Morgan fingerprint density at radius 2 is 1.95 bits per heavy atom. The maximum atomic E-state index is 9.33. The highest BCUT2D eigenvalue weighted by Gasteiger charge is 2.43. The standard InChI is InChI=1S/C17H26N2OS/c1-21-13-11-18-8-6-17(7-9-18)14-19(10-12-20)16-5-3-2-4-15(16)17/h2-5,20H,6-14H2,1H3. The first-order valence-electron chi connectivity index (χ1n) is 7.96. The number of likely N-dealkylation sites (tertiary alicyclic amines) is 1. The van der Waals surface area contributed by atoms with Crippen LogP contribution in [0.3, 0.4) is 0 Å². The summed E-state index contributed by atoms with van der Waals surface area (Å²) in [7, 11) is 0. The molecular weight excluding hydrogens is 280 g/mol. The van der Waals surface area contributed by atoms with Crippen molar-refractivity contribution in [2.45, 2.75) is 18.3 Å². The van der Waals surface area contributed by atoms with Gasteiger partial charge in [0, 0.05) is 36.5 Å². The molecule has 21 heavy (non-hydrogen) atoms. The summed E-state index contributed by atoms with van der Waals surface area (Å²) in [6.45, 7) is 5.73. The van der Waals surface area contributed by atoms with Crippen molar-refractivity contribution in [3.8, 4) is 0 Å². The van der Waals surface area contributed by atoms with Crippen molar-refractivity contribution in [2.75, 3.05) is 56.2 Å². The molecule has 1 spiro atoms. The molecule has 3 rings (SSSR count). The van der Waals surface area contributed by atoms with Crippen LogP contribution in [0.5, 0.6) is 0 Å². The molecular formula is C17H26N2OS. The largest absolute Gasteiger partial charge is 0.395 e. The van der Waals surface area contributed by atoms with Gasteiger partial charge >= 0.3 is 0 Å². The summed E-state index contributed by atoms with van der Waals surface area (Å²) in [6.07, 6.45) is 4.69. The predicted octanol–water partition coefficient (Wildman–Crippen LogP) is 2.20. The summed E-state index contributed by atoms with van der Waals surface area (Å²) in [6, 6.07) is 8.82. The second-order valence-electron chi connectivity index (χ2n) is 6.28. The Balaban J connectivity index is 1.75. The number of fused-ring (bicyclic) bond motifs is 2. The van der Waals surface area contributed by atoms with E-state index in [1.807, 2.05) is 11.8 Å². The fraction of sp³-hybridized carbons (Fsp3) is 0.647. The Labute approximate surface area is 132 Å². The summed E-state index contributed by atoms with van der Waals surface area (Å²) >= 11 is 1.94. The van der Waals surface area contributed by atoms with E-state index in [1.54, 1.807) is 0 Å². The zero-order chi connectivity index (χ0) is 14.7. The van der Waals surface area contributed by atoms with Crippen LogP contribution in [-0.4, -0.2) is 61.3 Å². The number of β-amino-alcohol motifs (C(OH)–C–C–N with tert-alkyl or cyclic N) is 1. The van der Waals surface area contributed by atoms with E-state index in [0.29, 0.717) is 5.41 Å². The van der Waals surface area contributed by atoms with Crippen molar-refractivity contribution in [3.63, 3.8) is 0 Å². The number of hydrogen-bond acceptors (Lipinski definition) is 4. The van der Waals surface area contributed by atoms with Crippen LogP contribution in [-0.2, 0) is 5.41 Å². The van der Waals surface area contributed by atoms with Crippen molar-refractivity contribution in [2.24, 2.45) is 0 Å². The van der Waals surface area contributed by atoms with Crippen LogP contribution in [0.25, 0.3) is 0 Å². The first kappa shape index (κ1) is 15.2. The van der Waals surface area contributed by atoms with Crippen LogP contribution >= 0.6 is 11.8 Å². The molecule has 0 saturated carbocycles. The van der Waals surface area contributed by atoms with Crippen LogP contribution in [0, 0.1) is 0 Å². The predicted molar refractivity (Wildman–Crippen MR) is 91.5 cm³/mol. The van der Waals surface area contributed by atoms with Gasteiger partial charge in [-0.2, -0.15) is 11.8 Å². The number of benzene rings is 1. The summed E-state index contributed by atoms with van der Waals surface area (Å²) in [5, 5.41) is 9.33. The number of para-hydroxylation sites is 1. The molecule has 2 heterocycles. The van der Waals surface area contributed by atoms with Gasteiger partial charge in [-0.15, -0.1) is 0 Å². The average Bonchev–Trinajstić information content (AvgIpc) is 2.82. The van der Waals surface area contributed by atoms with Gasteiger partial charge in [-0.3, -0.25) is 0 Å². The molecule has 1 N–H and O–H groups in total. The van der Waals surface area contributed by atoms with Gasteiger partial charge in [-0.1, -0.05) is 18.2 Å². The van der Waals surface area contributed by atoms with Crippen molar-refractivity contribution in [1.29, 1.82) is 0 Å². The van der Waals surface area contributed by atoms with E-state index < -0.39 is 0 Å². The minimum atomic E-state index is 0.240. The zero-order valence-corrected chi connectivity index (χ0v) is 13.7. The molecule has 3 nitrogen and oxygen atoms in total. The minimum Gasteiger partial charge on any atom is -0.395 e. The van der Waals surface area contributed by atoms with E-state index in [9.17, 15) is 5.11 Å². The van der Waals surface area contributed by atoms with Crippen molar-refractivity contribution < 1.29 is 5.11 Å². The Kier molecular flexibility index (Phi) is 4.77. The molecule has 0 unspecified atom stereocenters. The molecule has 1 aromatic carbocycles. The number of aliphatic hydroxyl groups is 1. The van der Waals surface area contributed by atoms with E-state index in [1.165, 1.54) is 49.5 Å². The third-order valence-electron chi connectivity index (χ3n) is 5.10. The Hall–Kier alpha value is -0.710. The lowest BCUT2D eigenvalue weighted by Crippen LogP contribution is -2.46. The summed E-state index contributed by atoms with van der Waals surface area (Å²) < 4.78 is 0. The highest BCUT2D eigenvalue weighted by Crippen LogP contribution is 2.46. The van der Waals surface area contributed by atoms with Gasteiger partial charge in [0.15, 0.2) is 0 Å². The lowest BCUT2D eigenvalue weighted by molar-refractivity contribution is 0.173. The van der Waals surface area contributed by atoms with Crippen LogP contribution in [0.4, 0.5) is 5.69 Å². The first-order valence-corrected chi connectivity index (χ1v) is 9.35. The third kappa shape index (κ3) is 2.94. The third-order valence-corrected chi connectivity index (χ3v) is 5.70. The molecule has 0 bridgehead atoms. The maximum absolute atomic E-state index is 9.33. The number of thioether (sulfide) groups is 1. The fourth-order valence-corrected chi connectivity index (χ4v) is 4.35. The molecule has 4 heteroatoms. The van der Waals surface area contributed by atoms with Crippen LogP contribution in [0.15, 0.2) is 24.3 Å². The minimum absolute atomic E-state index is 0.240. The summed E-state index contributed by atoms with van der Waals surface area (Å²) in [5.74, 6) is 1.24. The Morgan fingerprint density at radius 1 is 1.19 bits per heavy atom. The van der Waals surface area contributed by atoms with E-state index in [-0.39, 0.29) is 6.61 Å². The fourth-order valence-electron chi connectivity index (χ4n) is 3.91. The van der Waals surface area contributed by atoms with E-state index in [0.717, 1.165) is 13.1 Å². The molecule has 1 aromatic rings. The highest BCUT2D eigenvalue weighted by atomic mass is 32.2. The second-order valence-corrected chi connectivity index (χ2v) is 7.26. The van der Waals surface area contributed by atoms with Gasteiger partial charge in [-0.05, 0) is 43.8 Å². The lowest BCUT2D eigenvalue weighted by atomic mass is 9.74. The summed E-state index contributed by atoms with van der Waals surface area (Å²) in [4.78, 5) is 4.99. The molecule has 1 fully saturated rings. The van der Waals surface area contributed by atoms with Gasteiger partial charge in [0.25, 0.3) is 0 Å². The number of hydrogen-bond donors (Lipinski definition) is 1. The number of piperidine rings is 1. The SMILES string of the molecule is CSCCN1CCC2(CC1)CN(CCO)c1ccccc12. The first-order chi connectivity index (χ1) is 10.3. The number of anilines is 1. The highest BCUT2D eigenvalue weighted by molar-refractivity contribution is 7.98.